The fourth-order valence-corrected chi connectivity index (χ4v) is 3.98. The van der Waals surface area contributed by atoms with Gasteiger partial charge in [-0.05, 0) is 91.0 Å². The van der Waals surface area contributed by atoms with Crippen molar-refractivity contribution in [1.82, 2.24) is 9.99 Å². The lowest BCUT2D eigenvalue weighted by Gasteiger charge is -2.09. The van der Waals surface area contributed by atoms with Crippen molar-refractivity contribution in [3.05, 3.63) is 75.1 Å². The molecule has 0 atom stereocenters. The molecule has 0 radical (unpaired) electrons. The average Bonchev–Trinajstić information content (AvgIpc) is 3.01. The summed E-state index contributed by atoms with van der Waals surface area (Å²) in [6.07, 6.45) is 1.70. The number of nitrogens with one attached hydrogen (secondary N) is 1. The van der Waals surface area contributed by atoms with Gasteiger partial charge in [0.25, 0.3) is 0 Å². The van der Waals surface area contributed by atoms with Gasteiger partial charge in [0.2, 0.25) is 5.91 Å². The minimum atomic E-state index is -0.145. The monoisotopic (exact) mass is 519 g/mol. The van der Waals surface area contributed by atoms with E-state index in [4.69, 9.17) is 4.74 Å². The fraction of sp³-hybridized carbons (Fsp3) is 0.182. The lowest BCUT2D eigenvalue weighted by atomic mass is 10.2. The average molecular weight is 519 g/mol. The van der Waals surface area contributed by atoms with Crippen molar-refractivity contribution < 1.29 is 9.53 Å². The molecular weight excluding hydrogens is 497 g/mol. The molecule has 0 bridgehead atoms. The number of ether oxygens (including phenoxy) is 1. The first kappa shape index (κ1) is 21.4. The summed E-state index contributed by atoms with van der Waals surface area (Å²) in [6, 6.07) is 18.0. The van der Waals surface area contributed by atoms with Gasteiger partial charge in [-0.25, -0.2) is 5.43 Å². The number of thioether (sulfide) groups is 1. The van der Waals surface area contributed by atoms with Gasteiger partial charge in [0, 0.05) is 31.1 Å². The number of carbonyl (C=O) groups is 1. The predicted octanol–water partition coefficient (Wildman–Crippen LogP) is 4.95. The van der Waals surface area contributed by atoms with E-state index >= 15 is 0 Å². The summed E-state index contributed by atoms with van der Waals surface area (Å²) in [4.78, 5) is 13.1. The Balaban J connectivity index is 1.59. The topological polar surface area (TPSA) is 55.6 Å². The molecule has 0 unspecified atom stereocenters. The van der Waals surface area contributed by atoms with Crippen molar-refractivity contribution in [2.75, 3.05) is 12.9 Å². The Bertz CT molecular complexity index is 1010. The maximum Gasteiger partial charge on any atom is 0.250 e. The number of carbonyl (C=O) groups excluding carboxylic acids is 1. The van der Waals surface area contributed by atoms with Gasteiger partial charge in [0.15, 0.2) is 0 Å². The van der Waals surface area contributed by atoms with E-state index in [0.29, 0.717) is 5.75 Å². The Morgan fingerprint density at radius 3 is 2.52 bits per heavy atom. The highest BCUT2D eigenvalue weighted by Gasteiger charge is 2.09. The Kier molecular flexibility index (Phi) is 7.38. The summed E-state index contributed by atoms with van der Waals surface area (Å²) in [5.74, 6) is 0.950. The molecule has 0 aliphatic rings. The van der Waals surface area contributed by atoms with Crippen molar-refractivity contribution in [3.63, 3.8) is 0 Å². The van der Waals surface area contributed by atoms with E-state index in [1.165, 1.54) is 15.3 Å². The number of nitrogens with zero attached hydrogens (tertiary/aromatic N) is 2. The number of amides is 1. The molecule has 0 aliphatic heterocycles. The summed E-state index contributed by atoms with van der Waals surface area (Å²) < 4.78 is 8.51. The molecule has 0 spiro atoms. The van der Waals surface area contributed by atoms with Crippen LogP contribution in [0.25, 0.3) is 5.69 Å². The maximum atomic E-state index is 12.1. The van der Waals surface area contributed by atoms with Crippen LogP contribution in [0.15, 0.2) is 64.6 Å². The molecule has 0 aliphatic carbocycles. The van der Waals surface area contributed by atoms with Crippen LogP contribution < -0.4 is 10.2 Å². The molecule has 1 aromatic heterocycles. The standard InChI is InChI=1S/C22H22IN3O2S/c1-15-12-17(16(2)26(15)19-6-4-18(23)5-7-19)13-24-25-22(27)14-29-21-10-8-20(28-3)9-11-21/h4-13H,14H2,1-3H3,(H,25,27)/b24-13+. The van der Waals surface area contributed by atoms with Crippen LogP contribution in [-0.2, 0) is 4.79 Å². The molecule has 5 nitrogen and oxygen atoms in total. The summed E-state index contributed by atoms with van der Waals surface area (Å²) in [6.45, 7) is 4.11. The second kappa shape index (κ2) is 9.98. The lowest BCUT2D eigenvalue weighted by molar-refractivity contribution is -0.118. The minimum Gasteiger partial charge on any atom is -0.497 e. The highest BCUT2D eigenvalue weighted by atomic mass is 127. The van der Waals surface area contributed by atoms with Gasteiger partial charge in [0.05, 0.1) is 19.1 Å². The van der Waals surface area contributed by atoms with E-state index in [1.54, 1.807) is 13.3 Å². The molecule has 0 fully saturated rings. The second-order valence-corrected chi connectivity index (χ2v) is 8.69. The molecule has 1 amide bonds. The van der Waals surface area contributed by atoms with Crippen molar-refractivity contribution in [3.8, 4) is 11.4 Å². The van der Waals surface area contributed by atoms with E-state index in [0.717, 1.165) is 33.3 Å². The zero-order valence-electron chi connectivity index (χ0n) is 16.5. The van der Waals surface area contributed by atoms with Gasteiger partial charge < -0.3 is 9.30 Å². The van der Waals surface area contributed by atoms with Crippen LogP contribution in [0.4, 0.5) is 0 Å². The zero-order chi connectivity index (χ0) is 20.8. The van der Waals surface area contributed by atoms with Crippen molar-refractivity contribution >= 4 is 46.5 Å². The lowest BCUT2D eigenvalue weighted by Crippen LogP contribution is -2.19. The molecule has 3 aromatic rings. The number of hydrogen-bond donors (Lipinski definition) is 1. The predicted molar refractivity (Wildman–Crippen MR) is 127 cm³/mol. The highest BCUT2D eigenvalue weighted by molar-refractivity contribution is 14.1. The Morgan fingerprint density at radius 1 is 1.17 bits per heavy atom. The molecule has 1 heterocycles. The number of rotatable bonds is 7. The summed E-state index contributed by atoms with van der Waals surface area (Å²) in [5.41, 5.74) is 6.88. The molecule has 0 saturated carbocycles. The van der Waals surface area contributed by atoms with Crippen LogP contribution in [0.3, 0.4) is 0 Å². The number of hydrazone groups is 1. The number of halogens is 1. The van der Waals surface area contributed by atoms with Gasteiger partial charge in [0.1, 0.15) is 5.75 Å². The normalized spacial score (nSPS) is 11.0. The van der Waals surface area contributed by atoms with Crippen LogP contribution in [0.1, 0.15) is 17.0 Å². The number of benzene rings is 2. The third-order valence-electron chi connectivity index (χ3n) is 4.38. The molecule has 7 heteroatoms. The number of methoxy groups -OCH3 is 1. The summed E-state index contributed by atoms with van der Waals surface area (Å²) in [7, 11) is 1.63. The van der Waals surface area contributed by atoms with E-state index in [2.05, 4.69) is 74.9 Å². The molecule has 29 heavy (non-hydrogen) atoms. The third kappa shape index (κ3) is 5.63. The zero-order valence-corrected chi connectivity index (χ0v) is 19.5. The molecule has 0 saturated heterocycles. The summed E-state index contributed by atoms with van der Waals surface area (Å²) >= 11 is 3.75. The van der Waals surface area contributed by atoms with Crippen molar-refractivity contribution in [1.29, 1.82) is 0 Å². The maximum absolute atomic E-state index is 12.1. The van der Waals surface area contributed by atoms with Gasteiger partial charge >= 0.3 is 0 Å². The molecule has 1 N–H and O–H groups in total. The molecule has 150 valence electrons. The number of hydrogen-bond acceptors (Lipinski definition) is 4. The largest absolute Gasteiger partial charge is 0.497 e. The van der Waals surface area contributed by atoms with Crippen LogP contribution >= 0.6 is 34.4 Å². The highest BCUT2D eigenvalue weighted by Crippen LogP contribution is 2.22. The first-order valence-electron chi connectivity index (χ1n) is 9.01. The van der Waals surface area contributed by atoms with E-state index in [9.17, 15) is 4.79 Å². The first-order valence-corrected chi connectivity index (χ1v) is 11.1. The van der Waals surface area contributed by atoms with E-state index < -0.39 is 0 Å². The van der Waals surface area contributed by atoms with Crippen molar-refractivity contribution in [2.45, 2.75) is 18.7 Å². The Labute approximate surface area is 188 Å². The first-order chi connectivity index (χ1) is 14.0. The van der Waals surface area contributed by atoms with Gasteiger partial charge in [-0.2, -0.15) is 5.10 Å². The van der Waals surface area contributed by atoms with Crippen molar-refractivity contribution in [2.24, 2.45) is 5.10 Å². The fourth-order valence-electron chi connectivity index (χ4n) is 2.93. The van der Waals surface area contributed by atoms with E-state index in [1.807, 2.05) is 31.2 Å². The smallest absolute Gasteiger partial charge is 0.250 e. The molecule has 2 aromatic carbocycles. The van der Waals surface area contributed by atoms with Crippen LogP contribution in [0, 0.1) is 17.4 Å². The van der Waals surface area contributed by atoms with Gasteiger partial charge in [-0.1, -0.05) is 0 Å². The van der Waals surface area contributed by atoms with Crippen LogP contribution in [0.2, 0.25) is 0 Å². The SMILES string of the molecule is COc1ccc(SCC(=O)N/N=C/c2cc(C)n(-c3ccc(I)cc3)c2C)cc1. The van der Waals surface area contributed by atoms with E-state index in [-0.39, 0.29) is 5.91 Å². The molecule has 3 rings (SSSR count). The summed E-state index contributed by atoms with van der Waals surface area (Å²) in [5, 5.41) is 4.13. The Morgan fingerprint density at radius 2 is 1.86 bits per heavy atom. The second-order valence-electron chi connectivity index (χ2n) is 6.40. The third-order valence-corrected chi connectivity index (χ3v) is 6.11. The minimum absolute atomic E-state index is 0.145. The Hall–Kier alpha value is -2.26. The molecular formula is C22H22IN3O2S. The van der Waals surface area contributed by atoms with Gasteiger partial charge in [-0.3, -0.25) is 4.79 Å². The number of aryl methyl sites for hydroxylation is 1. The number of aromatic nitrogens is 1. The van der Waals surface area contributed by atoms with Gasteiger partial charge in [-0.15, -0.1) is 11.8 Å². The van der Waals surface area contributed by atoms with Crippen LogP contribution in [-0.4, -0.2) is 29.6 Å². The quantitative estimate of drug-likeness (QED) is 0.208. The van der Waals surface area contributed by atoms with Crippen LogP contribution in [0.5, 0.6) is 5.75 Å².